The van der Waals surface area contributed by atoms with E-state index in [1.54, 1.807) is 0 Å². The molecule has 0 unspecified atom stereocenters. The van der Waals surface area contributed by atoms with Gasteiger partial charge in [0, 0.05) is 11.1 Å². The van der Waals surface area contributed by atoms with E-state index in [2.05, 4.69) is 0 Å². The summed E-state index contributed by atoms with van der Waals surface area (Å²) in [4.78, 5) is 10.5. The number of alkyl halides is 3. The molecule has 0 atom stereocenters. The van der Waals surface area contributed by atoms with Gasteiger partial charge in [-0.25, -0.2) is 4.39 Å². The number of carbonyl (C=O) groups is 1. The van der Waals surface area contributed by atoms with Crippen molar-refractivity contribution in [2.75, 3.05) is 0 Å². The van der Waals surface area contributed by atoms with Crippen LogP contribution in [0.1, 0.15) is 15.9 Å². The van der Waals surface area contributed by atoms with Crippen molar-refractivity contribution < 1.29 is 9.18 Å². The van der Waals surface area contributed by atoms with E-state index in [9.17, 15) is 9.18 Å². The molecule has 0 saturated carbocycles. The van der Waals surface area contributed by atoms with E-state index in [0.717, 1.165) is 12.1 Å². The van der Waals surface area contributed by atoms with Crippen LogP contribution in [0.3, 0.4) is 0 Å². The molecule has 0 aliphatic rings. The maximum atomic E-state index is 12.7. The van der Waals surface area contributed by atoms with E-state index < -0.39 is 9.61 Å². The Bertz CT molecular complexity index is 333. The summed E-state index contributed by atoms with van der Waals surface area (Å²) < 4.78 is 10.9. The van der Waals surface area contributed by atoms with Crippen LogP contribution in [0.25, 0.3) is 0 Å². The summed E-state index contributed by atoms with van der Waals surface area (Å²) in [6, 6.07) is 3.42. The molecule has 0 aliphatic carbocycles. The van der Waals surface area contributed by atoms with Crippen LogP contribution in [0.5, 0.6) is 0 Å². The summed E-state index contributed by atoms with van der Waals surface area (Å²) >= 11 is 16.6. The van der Waals surface area contributed by atoms with E-state index in [0.29, 0.717) is 6.29 Å². The SMILES string of the molecule is O=Cc1ccc(F)cc1C(Cl)(Cl)Cl. The Kier molecular flexibility index (Phi) is 3.17. The fourth-order valence-electron chi connectivity index (χ4n) is 0.877. The third-order valence-electron chi connectivity index (χ3n) is 1.45. The summed E-state index contributed by atoms with van der Waals surface area (Å²) in [5.74, 6) is -0.549. The zero-order valence-electron chi connectivity index (χ0n) is 6.23. The minimum absolute atomic E-state index is 0.0486. The highest BCUT2D eigenvalue weighted by molar-refractivity contribution is 6.66. The molecule has 0 bridgehead atoms. The van der Waals surface area contributed by atoms with Crippen molar-refractivity contribution in [2.24, 2.45) is 0 Å². The average Bonchev–Trinajstić information content (AvgIpc) is 2.03. The van der Waals surface area contributed by atoms with Crippen LogP contribution in [0.2, 0.25) is 0 Å². The maximum absolute atomic E-state index is 12.7. The number of hydrogen-bond acceptors (Lipinski definition) is 1. The molecule has 5 heteroatoms. The van der Waals surface area contributed by atoms with Gasteiger partial charge in [0.1, 0.15) is 12.1 Å². The monoisotopic (exact) mass is 240 g/mol. The molecule has 0 spiro atoms. The van der Waals surface area contributed by atoms with Crippen LogP contribution >= 0.6 is 34.8 Å². The van der Waals surface area contributed by atoms with Gasteiger partial charge in [-0.3, -0.25) is 4.79 Å². The fourth-order valence-corrected chi connectivity index (χ4v) is 1.37. The molecule has 0 amide bonds. The molecular formula is C8H4Cl3FO. The Labute approximate surface area is 89.4 Å². The van der Waals surface area contributed by atoms with Crippen LogP contribution in [-0.2, 0) is 3.79 Å². The van der Waals surface area contributed by atoms with Crippen LogP contribution in [-0.4, -0.2) is 6.29 Å². The molecule has 0 heterocycles. The van der Waals surface area contributed by atoms with Gasteiger partial charge >= 0.3 is 0 Å². The lowest BCUT2D eigenvalue weighted by molar-refractivity contribution is 0.112. The predicted molar refractivity (Wildman–Crippen MR) is 51.0 cm³/mol. The van der Waals surface area contributed by atoms with Crippen molar-refractivity contribution in [3.8, 4) is 0 Å². The third kappa shape index (κ3) is 2.56. The zero-order valence-corrected chi connectivity index (χ0v) is 8.50. The van der Waals surface area contributed by atoms with Crippen molar-refractivity contribution in [2.45, 2.75) is 3.79 Å². The summed E-state index contributed by atoms with van der Waals surface area (Å²) in [6.45, 7) is 0. The lowest BCUT2D eigenvalue weighted by Gasteiger charge is -2.13. The molecule has 1 aromatic rings. The fraction of sp³-hybridized carbons (Fsp3) is 0.125. The normalized spacial score (nSPS) is 11.4. The Balaban J connectivity index is 3.32. The predicted octanol–water partition coefficient (Wildman–Crippen LogP) is 3.46. The van der Waals surface area contributed by atoms with E-state index >= 15 is 0 Å². The second-order valence-corrected chi connectivity index (χ2v) is 4.63. The molecular weight excluding hydrogens is 237 g/mol. The summed E-state index contributed by atoms with van der Waals surface area (Å²) in [7, 11) is 0. The van der Waals surface area contributed by atoms with Gasteiger partial charge in [0.15, 0.2) is 0 Å². The topological polar surface area (TPSA) is 17.1 Å². The highest BCUT2D eigenvalue weighted by Gasteiger charge is 2.26. The second kappa shape index (κ2) is 3.82. The summed E-state index contributed by atoms with van der Waals surface area (Å²) in [6.07, 6.45) is 0.511. The average molecular weight is 241 g/mol. The van der Waals surface area contributed by atoms with Gasteiger partial charge in [0.25, 0.3) is 0 Å². The summed E-state index contributed by atoms with van der Waals surface area (Å²) in [5, 5.41) is 0. The van der Waals surface area contributed by atoms with Gasteiger partial charge < -0.3 is 0 Å². The molecule has 1 nitrogen and oxygen atoms in total. The van der Waals surface area contributed by atoms with E-state index in [-0.39, 0.29) is 11.1 Å². The lowest BCUT2D eigenvalue weighted by Crippen LogP contribution is -2.05. The zero-order chi connectivity index (χ0) is 10.1. The molecule has 13 heavy (non-hydrogen) atoms. The first-order valence-corrected chi connectivity index (χ1v) is 4.40. The quantitative estimate of drug-likeness (QED) is 0.543. The van der Waals surface area contributed by atoms with Gasteiger partial charge in [-0.05, 0) is 18.2 Å². The molecule has 1 aromatic carbocycles. The minimum atomic E-state index is -1.78. The number of carbonyl (C=O) groups excluding carboxylic acids is 1. The smallest absolute Gasteiger partial charge is 0.216 e. The Hall–Kier alpha value is -0.310. The van der Waals surface area contributed by atoms with E-state index in [4.69, 9.17) is 34.8 Å². The molecule has 1 rings (SSSR count). The van der Waals surface area contributed by atoms with Gasteiger partial charge in [-0.15, -0.1) is 0 Å². The van der Waals surface area contributed by atoms with Crippen LogP contribution in [0.15, 0.2) is 18.2 Å². The molecule has 0 saturated heterocycles. The molecule has 0 N–H and O–H groups in total. The summed E-state index contributed by atoms with van der Waals surface area (Å²) in [5.41, 5.74) is 0.217. The molecule has 0 aromatic heterocycles. The second-order valence-electron chi connectivity index (χ2n) is 2.35. The van der Waals surface area contributed by atoms with Crippen molar-refractivity contribution in [3.63, 3.8) is 0 Å². The van der Waals surface area contributed by atoms with Crippen molar-refractivity contribution in [1.29, 1.82) is 0 Å². The third-order valence-corrected chi connectivity index (χ3v) is 2.06. The Morgan fingerprint density at radius 2 is 1.92 bits per heavy atom. The Morgan fingerprint density at radius 3 is 2.38 bits per heavy atom. The lowest BCUT2D eigenvalue weighted by atomic mass is 10.1. The molecule has 70 valence electrons. The van der Waals surface area contributed by atoms with Gasteiger partial charge in [0.2, 0.25) is 3.79 Å². The van der Waals surface area contributed by atoms with Crippen molar-refractivity contribution in [3.05, 3.63) is 35.1 Å². The Morgan fingerprint density at radius 1 is 1.31 bits per heavy atom. The maximum Gasteiger partial charge on any atom is 0.216 e. The number of benzene rings is 1. The number of hydrogen-bond donors (Lipinski definition) is 0. The van der Waals surface area contributed by atoms with Crippen LogP contribution in [0.4, 0.5) is 4.39 Å². The van der Waals surface area contributed by atoms with Crippen LogP contribution in [0, 0.1) is 5.82 Å². The molecule has 0 aliphatic heterocycles. The highest BCUT2D eigenvalue weighted by Crippen LogP contribution is 2.39. The first-order chi connectivity index (χ1) is 5.95. The number of rotatable bonds is 1. The first-order valence-electron chi connectivity index (χ1n) is 3.27. The number of aldehydes is 1. The first kappa shape index (κ1) is 10.8. The largest absolute Gasteiger partial charge is 0.298 e. The van der Waals surface area contributed by atoms with Crippen molar-refractivity contribution in [1.82, 2.24) is 0 Å². The van der Waals surface area contributed by atoms with Crippen LogP contribution < -0.4 is 0 Å². The van der Waals surface area contributed by atoms with E-state index in [1.807, 2.05) is 0 Å². The minimum Gasteiger partial charge on any atom is -0.298 e. The molecule has 0 fully saturated rings. The van der Waals surface area contributed by atoms with Crippen molar-refractivity contribution >= 4 is 41.1 Å². The van der Waals surface area contributed by atoms with Gasteiger partial charge in [0.05, 0.1) is 0 Å². The standard InChI is InChI=1S/C8H4Cl3FO/c9-8(10,11)7-3-6(12)2-1-5(7)4-13/h1-4H. The highest BCUT2D eigenvalue weighted by atomic mass is 35.6. The number of halogens is 4. The van der Waals surface area contributed by atoms with E-state index in [1.165, 1.54) is 6.07 Å². The van der Waals surface area contributed by atoms with Gasteiger partial charge in [-0.2, -0.15) is 0 Å². The molecule has 0 radical (unpaired) electrons. The van der Waals surface area contributed by atoms with Gasteiger partial charge in [-0.1, -0.05) is 34.8 Å².